The summed E-state index contributed by atoms with van der Waals surface area (Å²) in [6.07, 6.45) is 9.41. The monoisotopic (exact) mass is 309 g/mol. The van der Waals surface area contributed by atoms with Gasteiger partial charge in [-0.2, -0.15) is 0 Å². The number of nitrogens with two attached hydrogens (primary N) is 1. The van der Waals surface area contributed by atoms with Crippen LogP contribution in [0.5, 0.6) is 0 Å². The van der Waals surface area contributed by atoms with Gasteiger partial charge in [-0.15, -0.1) is 0 Å². The third kappa shape index (κ3) is 4.35. The van der Waals surface area contributed by atoms with Gasteiger partial charge in [0.1, 0.15) is 0 Å². The van der Waals surface area contributed by atoms with Gasteiger partial charge < -0.3 is 21.1 Å². The zero-order valence-electron chi connectivity index (χ0n) is 13.5. The van der Waals surface area contributed by atoms with Crippen LogP contribution in [0.25, 0.3) is 0 Å². The number of hydrogen-bond donors (Lipinski definition) is 3. The highest BCUT2D eigenvalue weighted by Crippen LogP contribution is 2.36. The highest BCUT2D eigenvalue weighted by Gasteiger charge is 2.35. The molecule has 4 N–H and O–H groups in total. The molecule has 3 aliphatic rings. The van der Waals surface area contributed by atoms with Gasteiger partial charge in [-0.3, -0.25) is 0 Å². The molecular weight excluding hydrogens is 278 g/mol. The molecule has 22 heavy (non-hydrogen) atoms. The molecule has 2 saturated carbocycles. The van der Waals surface area contributed by atoms with Crippen molar-refractivity contribution < 1.29 is 9.90 Å². The van der Waals surface area contributed by atoms with Crippen LogP contribution in [0.3, 0.4) is 0 Å². The van der Waals surface area contributed by atoms with Gasteiger partial charge in [-0.05, 0) is 62.8 Å². The minimum Gasteiger partial charge on any atom is -0.393 e. The van der Waals surface area contributed by atoms with Gasteiger partial charge in [0.25, 0.3) is 0 Å². The average molecular weight is 309 g/mol. The van der Waals surface area contributed by atoms with E-state index in [1.807, 2.05) is 0 Å². The van der Waals surface area contributed by atoms with E-state index in [4.69, 9.17) is 5.73 Å². The molecule has 0 radical (unpaired) electrons. The van der Waals surface area contributed by atoms with Crippen LogP contribution in [0.1, 0.15) is 51.4 Å². The number of amides is 2. The summed E-state index contributed by atoms with van der Waals surface area (Å²) < 4.78 is 0. The van der Waals surface area contributed by atoms with Gasteiger partial charge in [0.05, 0.1) is 6.10 Å². The Balaban J connectivity index is 1.50. The lowest BCUT2D eigenvalue weighted by Crippen LogP contribution is -2.53. The summed E-state index contributed by atoms with van der Waals surface area (Å²) in [6, 6.07) is 0.0107. The average Bonchev–Trinajstić information content (AvgIpc) is 3.22. The van der Waals surface area contributed by atoms with Crippen LogP contribution in [0.15, 0.2) is 0 Å². The van der Waals surface area contributed by atoms with E-state index in [0.29, 0.717) is 24.4 Å². The van der Waals surface area contributed by atoms with Crippen molar-refractivity contribution in [2.45, 2.75) is 63.5 Å². The number of carbonyl (C=O) groups is 1. The van der Waals surface area contributed by atoms with E-state index in [9.17, 15) is 9.90 Å². The molecule has 2 aliphatic carbocycles. The lowest BCUT2D eigenvalue weighted by molar-refractivity contribution is 0.0847. The molecule has 1 saturated heterocycles. The maximum atomic E-state index is 11.6. The Hall–Kier alpha value is -0.810. The largest absolute Gasteiger partial charge is 0.393 e. The molecule has 5 nitrogen and oxygen atoms in total. The van der Waals surface area contributed by atoms with Crippen LogP contribution in [0, 0.1) is 17.8 Å². The van der Waals surface area contributed by atoms with Crippen molar-refractivity contribution in [3.05, 3.63) is 0 Å². The Labute approximate surface area is 133 Å². The standard InChI is InChI=1S/C17H31N3O2/c18-17(22)20-10-13(8-16(21)14-5-6-14)7-15(11-20)19-9-12-3-1-2-4-12/h12-16,19,21H,1-11H2,(H2,18,22). The van der Waals surface area contributed by atoms with E-state index in [2.05, 4.69) is 5.32 Å². The third-order valence-electron chi connectivity index (χ3n) is 5.76. The normalized spacial score (nSPS) is 31.4. The molecule has 2 amide bonds. The van der Waals surface area contributed by atoms with Crippen molar-refractivity contribution in [2.24, 2.45) is 23.5 Å². The first kappa shape index (κ1) is 16.1. The van der Waals surface area contributed by atoms with Gasteiger partial charge in [-0.25, -0.2) is 4.79 Å². The van der Waals surface area contributed by atoms with Gasteiger partial charge in [0.15, 0.2) is 0 Å². The molecule has 0 aromatic rings. The maximum absolute atomic E-state index is 11.6. The van der Waals surface area contributed by atoms with E-state index in [1.165, 1.54) is 25.7 Å². The number of aliphatic hydroxyl groups excluding tert-OH is 1. The number of piperidine rings is 1. The second-order valence-electron chi connectivity index (χ2n) is 7.74. The Morgan fingerprint density at radius 2 is 1.91 bits per heavy atom. The molecule has 126 valence electrons. The van der Waals surface area contributed by atoms with Gasteiger partial charge in [-0.1, -0.05) is 12.8 Å². The molecule has 1 heterocycles. The molecule has 3 atom stereocenters. The molecule has 1 aliphatic heterocycles. The SMILES string of the molecule is NC(=O)N1CC(CC(O)C2CC2)CC(NCC2CCCC2)C1. The molecular formula is C17H31N3O2. The quantitative estimate of drug-likeness (QED) is 0.699. The molecule has 0 aromatic heterocycles. The summed E-state index contributed by atoms with van der Waals surface area (Å²) in [5.74, 6) is 1.69. The zero-order chi connectivity index (χ0) is 15.5. The number of primary amides is 1. The summed E-state index contributed by atoms with van der Waals surface area (Å²) in [7, 11) is 0. The second-order valence-corrected chi connectivity index (χ2v) is 7.74. The van der Waals surface area contributed by atoms with E-state index in [-0.39, 0.29) is 12.1 Å². The smallest absolute Gasteiger partial charge is 0.314 e. The van der Waals surface area contributed by atoms with Crippen molar-refractivity contribution in [3.63, 3.8) is 0 Å². The Morgan fingerprint density at radius 3 is 2.55 bits per heavy atom. The minimum absolute atomic E-state index is 0.187. The van der Waals surface area contributed by atoms with Gasteiger partial charge >= 0.3 is 6.03 Å². The number of nitrogens with one attached hydrogen (secondary N) is 1. The third-order valence-corrected chi connectivity index (χ3v) is 5.76. The van der Waals surface area contributed by atoms with Crippen LogP contribution in [-0.2, 0) is 0 Å². The summed E-state index contributed by atoms with van der Waals surface area (Å²) in [6.45, 7) is 2.49. The van der Waals surface area contributed by atoms with Crippen molar-refractivity contribution >= 4 is 6.03 Å². The number of nitrogens with zero attached hydrogens (tertiary/aromatic N) is 1. The van der Waals surface area contributed by atoms with Crippen LogP contribution in [0.4, 0.5) is 4.79 Å². The van der Waals surface area contributed by atoms with Crippen LogP contribution in [0.2, 0.25) is 0 Å². The first-order valence-electron chi connectivity index (χ1n) is 9.07. The molecule has 0 spiro atoms. The summed E-state index contributed by atoms with van der Waals surface area (Å²) in [5.41, 5.74) is 5.51. The van der Waals surface area contributed by atoms with Crippen molar-refractivity contribution in [2.75, 3.05) is 19.6 Å². The Morgan fingerprint density at radius 1 is 1.18 bits per heavy atom. The van der Waals surface area contributed by atoms with Crippen molar-refractivity contribution in [1.29, 1.82) is 0 Å². The van der Waals surface area contributed by atoms with Crippen LogP contribution in [-0.4, -0.2) is 47.8 Å². The molecule has 0 aromatic carbocycles. The topological polar surface area (TPSA) is 78.6 Å². The van der Waals surface area contributed by atoms with E-state index < -0.39 is 0 Å². The van der Waals surface area contributed by atoms with E-state index in [0.717, 1.165) is 44.7 Å². The maximum Gasteiger partial charge on any atom is 0.314 e. The number of carbonyl (C=O) groups excluding carboxylic acids is 1. The highest BCUT2D eigenvalue weighted by molar-refractivity contribution is 5.72. The summed E-state index contributed by atoms with van der Waals surface area (Å²) in [5, 5.41) is 13.9. The zero-order valence-corrected chi connectivity index (χ0v) is 13.5. The lowest BCUT2D eigenvalue weighted by atomic mass is 9.88. The highest BCUT2D eigenvalue weighted by atomic mass is 16.3. The van der Waals surface area contributed by atoms with E-state index >= 15 is 0 Å². The predicted octanol–water partition coefficient (Wildman–Crippen LogP) is 1.70. The molecule has 0 bridgehead atoms. The number of hydrogen-bond acceptors (Lipinski definition) is 3. The molecule has 5 heteroatoms. The number of aliphatic hydroxyl groups is 1. The number of urea groups is 1. The number of rotatable bonds is 6. The second kappa shape index (κ2) is 7.18. The first-order valence-corrected chi connectivity index (χ1v) is 9.07. The lowest BCUT2D eigenvalue weighted by Gasteiger charge is -2.38. The van der Waals surface area contributed by atoms with Crippen molar-refractivity contribution in [3.8, 4) is 0 Å². The van der Waals surface area contributed by atoms with Crippen LogP contribution < -0.4 is 11.1 Å². The fourth-order valence-electron chi connectivity index (χ4n) is 4.27. The Kier molecular flexibility index (Phi) is 5.24. The fourth-order valence-corrected chi connectivity index (χ4v) is 4.27. The first-order chi connectivity index (χ1) is 10.6. The summed E-state index contributed by atoms with van der Waals surface area (Å²) >= 11 is 0. The van der Waals surface area contributed by atoms with Crippen molar-refractivity contribution in [1.82, 2.24) is 10.2 Å². The summed E-state index contributed by atoms with van der Waals surface area (Å²) in [4.78, 5) is 13.4. The Bertz CT molecular complexity index is 380. The molecule has 3 unspecified atom stereocenters. The molecule has 3 rings (SSSR count). The van der Waals surface area contributed by atoms with Gasteiger partial charge in [0, 0.05) is 19.1 Å². The van der Waals surface area contributed by atoms with Crippen LogP contribution >= 0.6 is 0 Å². The predicted molar refractivity (Wildman–Crippen MR) is 86.4 cm³/mol. The molecule has 3 fully saturated rings. The number of likely N-dealkylation sites (tertiary alicyclic amines) is 1. The van der Waals surface area contributed by atoms with Gasteiger partial charge in [0.2, 0.25) is 0 Å². The minimum atomic E-state index is -0.321. The van der Waals surface area contributed by atoms with E-state index in [1.54, 1.807) is 4.90 Å². The fraction of sp³-hybridized carbons (Fsp3) is 0.941.